The van der Waals surface area contributed by atoms with E-state index in [0.717, 1.165) is 22.5 Å². The molecule has 0 bridgehead atoms. The van der Waals surface area contributed by atoms with E-state index in [1.807, 2.05) is 66.9 Å². The van der Waals surface area contributed by atoms with Crippen LogP contribution < -0.4 is 0 Å². The molecule has 0 N–H and O–H groups in total. The Morgan fingerprint density at radius 2 is 1.75 bits per heavy atom. The first-order valence-corrected chi connectivity index (χ1v) is 8.87. The van der Waals surface area contributed by atoms with Crippen molar-refractivity contribution < 1.29 is 13.9 Å². The molecular weight excluding hydrogens is 352 g/mol. The van der Waals surface area contributed by atoms with Crippen molar-refractivity contribution >= 4 is 12.0 Å². The van der Waals surface area contributed by atoms with Gasteiger partial charge in [0.05, 0.1) is 17.6 Å². The fourth-order valence-corrected chi connectivity index (χ4v) is 2.80. The molecule has 2 heterocycles. The van der Waals surface area contributed by atoms with Crippen LogP contribution >= 0.6 is 0 Å². The molecule has 0 aliphatic carbocycles. The zero-order valence-electron chi connectivity index (χ0n) is 15.1. The summed E-state index contributed by atoms with van der Waals surface area (Å²) in [6, 6.07) is 23.2. The molecule has 0 radical (unpaired) electrons. The first-order valence-electron chi connectivity index (χ1n) is 8.87. The van der Waals surface area contributed by atoms with Crippen molar-refractivity contribution in [2.45, 2.75) is 6.61 Å². The van der Waals surface area contributed by atoms with Crippen molar-refractivity contribution in [1.82, 2.24) is 9.78 Å². The van der Waals surface area contributed by atoms with Gasteiger partial charge in [0, 0.05) is 23.4 Å². The maximum absolute atomic E-state index is 12.1. The molecule has 0 saturated carbocycles. The summed E-state index contributed by atoms with van der Waals surface area (Å²) in [5, 5.41) is 4.71. The van der Waals surface area contributed by atoms with Gasteiger partial charge in [0.15, 0.2) is 0 Å². The van der Waals surface area contributed by atoms with Crippen molar-refractivity contribution in [3.05, 3.63) is 103 Å². The Balaban J connectivity index is 1.56. The largest absolute Gasteiger partial charge is 0.465 e. The summed E-state index contributed by atoms with van der Waals surface area (Å²) in [6.07, 6.45) is 6.37. The lowest BCUT2D eigenvalue weighted by atomic mass is 10.1. The maximum atomic E-state index is 12.1. The van der Waals surface area contributed by atoms with Crippen LogP contribution in [-0.2, 0) is 16.1 Å². The molecule has 5 nitrogen and oxygen atoms in total. The summed E-state index contributed by atoms with van der Waals surface area (Å²) in [7, 11) is 0. The number of furan rings is 1. The zero-order valence-corrected chi connectivity index (χ0v) is 15.1. The molecule has 0 aliphatic rings. The molecule has 0 saturated heterocycles. The number of rotatable bonds is 6. The zero-order chi connectivity index (χ0) is 19.2. The second kappa shape index (κ2) is 8.22. The molecule has 0 atom stereocenters. The molecule has 5 heteroatoms. The van der Waals surface area contributed by atoms with Crippen LogP contribution in [-0.4, -0.2) is 15.7 Å². The number of benzene rings is 2. The third kappa shape index (κ3) is 4.10. The standard InChI is InChI=1S/C23H18N2O3/c26-22(14-13-21-12-7-15-27-21)28-17-19-16-25(20-10-5-2-6-11-20)24-23(19)18-8-3-1-4-9-18/h1-16H,17H2/b14-13+. The molecule has 2 aromatic carbocycles. The van der Waals surface area contributed by atoms with Crippen molar-refractivity contribution in [3.8, 4) is 16.9 Å². The van der Waals surface area contributed by atoms with Crippen LogP contribution in [0.4, 0.5) is 0 Å². The van der Waals surface area contributed by atoms with E-state index in [-0.39, 0.29) is 6.61 Å². The summed E-state index contributed by atoms with van der Waals surface area (Å²) in [5.41, 5.74) is 3.52. The molecule has 0 fully saturated rings. The van der Waals surface area contributed by atoms with Gasteiger partial charge in [-0.2, -0.15) is 5.10 Å². The van der Waals surface area contributed by atoms with E-state index in [9.17, 15) is 4.79 Å². The van der Waals surface area contributed by atoms with Gasteiger partial charge in [0.2, 0.25) is 0 Å². The summed E-state index contributed by atoms with van der Waals surface area (Å²) in [5.74, 6) is 0.154. The topological polar surface area (TPSA) is 57.3 Å². The average molecular weight is 370 g/mol. The fraction of sp³-hybridized carbons (Fsp3) is 0.0435. The Bertz CT molecular complexity index is 1070. The smallest absolute Gasteiger partial charge is 0.331 e. The fourth-order valence-electron chi connectivity index (χ4n) is 2.80. The Labute approximate surface area is 162 Å². The predicted molar refractivity (Wildman–Crippen MR) is 107 cm³/mol. The molecule has 0 spiro atoms. The lowest BCUT2D eigenvalue weighted by Gasteiger charge is -2.03. The third-order valence-corrected chi connectivity index (χ3v) is 4.15. The van der Waals surface area contributed by atoms with E-state index in [2.05, 4.69) is 0 Å². The summed E-state index contributed by atoms with van der Waals surface area (Å²) < 4.78 is 12.4. The van der Waals surface area contributed by atoms with Gasteiger partial charge in [0.25, 0.3) is 0 Å². The second-order valence-corrected chi connectivity index (χ2v) is 6.11. The van der Waals surface area contributed by atoms with Crippen LogP contribution in [0.5, 0.6) is 0 Å². The number of aromatic nitrogens is 2. The summed E-state index contributed by atoms with van der Waals surface area (Å²) in [4.78, 5) is 12.1. The van der Waals surface area contributed by atoms with Crippen molar-refractivity contribution in [2.24, 2.45) is 0 Å². The number of esters is 1. The Kier molecular flexibility index (Phi) is 5.15. The quantitative estimate of drug-likeness (QED) is 0.358. The molecule has 4 aromatic rings. The number of nitrogens with zero attached hydrogens (tertiary/aromatic N) is 2. The van der Waals surface area contributed by atoms with Gasteiger partial charge in [-0.1, -0.05) is 48.5 Å². The number of carbonyl (C=O) groups excluding carboxylic acids is 1. The minimum atomic E-state index is -0.442. The van der Waals surface area contributed by atoms with Crippen LogP contribution in [0.25, 0.3) is 23.0 Å². The van der Waals surface area contributed by atoms with Gasteiger partial charge in [-0.3, -0.25) is 0 Å². The van der Waals surface area contributed by atoms with Crippen LogP contribution in [0.2, 0.25) is 0 Å². The van der Waals surface area contributed by atoms with E-state index >= 15 is 0 Å². The van der Waals surface area contributed by atoms with Crippen LogP contribution in [0.3, 0.4) is 0 Å². The summed E-state index contributed by atoms with van der Waals surface area (Å²) in [6.45, 7) is 0.123. The molecule has 28 heavy (non-hydrogen) atoms. The first kappa shape index (κ1) is 17.5. The Hall–Kier alpha value is -3.86. The van der Waals surface area contributed by atoms with Crippen LogP contribution in [0.15, 0.2) is 95.7 Å². The molecule has 0 aliphatic heterocycles. The number of para-hydroxylation sites is 1. The van der Waals surface area contributed by atoms with Crippen molar-refractivity contribution in [3.63, 3.8) is 0 Å². The predicted octanol–water partition coefficient (Wildman–Crippen LogP) is 4.89. The van der Waals surface area contributed by atoms with E-state index in [4.69, 9.17) is 14.3 Å². The Morgan fingerprint density at radius 1 is 1.00 bits per heavy atom. The average Bonchev–Trinajstić information content (AvgIpc) is 3.42. The van der Waals surface area contributed by atoms with Gasteiger partial charge >= 0.3 is 5.97 Å². The molecule has 0 unspecified atom stereocenters. The third-order valence-electron chi connectivity index (χ3n) is 4.15. The lowest BCUT2D eigenvalue weighted by Crippen LogP contribution is -2.01. The maximum Gasteiger partial charge on any atom is 0.331 e. The van der Waals surface area contributed by atoms with Gasteiger partial charge in [0.1, 0.15) is 12.4 Å². The minimum absolute atomic E-state index is 0.123. The molecule has 138 valence electrons. The number of hydrogen-bond acceptors (Lipinski definition) is 4. The van der Waals surface area contributed by atoms with Crippen molar-refractivity contribution in [1.29, 1.82) is 0 Å². The first-order chi connectivity index (χ1) is 13.8. The molecule has 2 aromatic heterocycles. The second-order valence-electron chi connectivity index (χ2n) is 6.11. The van der Waals surface area contributed by atoms with E-state index in [0.29, 0.717) is 5.76 Å². The van der Waals surface area contributed by atoms with Gasteiger partial charge in [-0.25, -0.2) is 9.48 Å². The highest BCUT2D eigenvalue weighted by Gasteiger charge is 2.13. The molecular formula is C23H18N2O3. The van der Waals surface area contributed by atoms with Crippen LogP contribution in [0.1, 0.15) is 11.3 Å². The van der Waals surface area contributed by atoms with Crippen molar-refractivity contribution in [2.75, 3.05) is 0 Å². The monoisotopic (exact) mass is 370 g/mol. The minimum Gasteiger partial charge on any atom is -0.465 e. The van der Waals surface area contributed by atoms with Crippen LogP contribution in [0, 0.1) is 0 Å². The normalized spacial score (nSPS) is 11.0. The van der Waals surface area contributed by atoms with Gasteiger partial charge in [-0.15, -0.1) is 0 Å². The lowest BCUT2D eigenvalue weighted by molar-refractivity contribution is -0.138. The van der Waals surface area contributed by atoms with Gasteiger partial charge < -0.3 is 9.15 Å². The highest BCUT2D eigenvalue weighted by molar-refractivity contribution is 5.86. The van der Waals surface area contributed by atoms with E-state index in [1.165, 1.54) is 6.08 Å². The molecule has 4 rings (SSSR count). The molecule has 0 amide bonds. The van der Waals surface area contributed by atoms with E-state index < -0.39 is 5.97 Å². The highest BCUT2D eigenvalue weighted by Crippen LogP contribution is 2.24. The number of ether oxygens (including phenoxy) is 1. The summed E-state index contributed by atoms with van der Waals surface area (Å²) >= 11 is 0. The van der Waals surface area contributed by atoms with Gasteiger partial charge in [-0.05, 0) is 30.3 Å². The van der Waals surface area contributed by atoms with E-state index in [1.54, 1.807) is 29.2 Å². The highest BCUT2D eigenvalue weighted by atomic mass is 16.5. The Morgan fingerprint density at radius 3 is 2.46 bits per heavy atom. The number of carbonyl (C=O) groups is 1. The number of hydrogen-bond donors (Lipinski definition) is 0. The SMILES string of the molecule is O=C(/C=C/c1ccco1)OCc1cn(-c2ccccc2)nc1-c1ccccc1.